The Morgan fingerprint density at radius 1 is 1.41 bits per heavy atom. The highest BCUT2D eigenvalue weighted by Gasteiger charge is 2.51. The van der Waals surface area contributed by atoms with Crippen molar-refractivity contribution in [1.29, 1.82) is 0 Å². The zero-order valence-corrected chi connectivity index (χ0v) is 16.6. The Morgan fingerprint density at radius 2 is 2.19 bits per heavy atom. The normalized spacial score (nSPS) is 32.4. The quantitative estimate of drug-likeness (QED) is 0.861. The van der Waals surface area contributed by atoms with Gasteiger partial charge in [0.1, 0.15) is 17.1 Å². The molecule has 4 rings (SSSR count). The Hall–Kier alpha value is -1.79. The first-order valence-electron chi connectivity index (χ1n) is 9.87. The molecule has 6 heteroatoms. The summed E-state index contributed by atoms with van der Waals surface area (Å²) in [6, 6.07) is 5.54. The molecule has 0 spiro atoms. The lowest BCUT2D eigenvalue weighted by molar-refractivity contribution is -0.188. The molecular weight excluding hydrogens is 344 g/mol. The van der Waals surface area contributed by atoms with Crippen LogP contribution >= 0.6 is 0 Å². The van der Waals surface area contributed by atoms with Crippen molar-refractivity contribution in [2.75, 3.05) is 20.2 Å². The van der Waals surface area contributed by atoms with E-state index in [0.717, 1.165) is 36.4 Å². The van der Waals surface area contributed by atoms with Crippen LogP contribution in [-0.2, 0) is 9.53 Å². The van der Waals surface area contributed by atoms with Gasteiger partial charge in [0.15, 0.2) is 0 Å². The Morgan fingerprint density at radius 3 is 2.89 bits per heavy atom. The molecular formula is C21H30N2O4. The van der Waals surface area contributed by atoms with Gasteiger partial charge in [-0.1, -0.05) is 0 Å². The fourth-order valence-electron chi connectivity index (χ4n) is 4.90. The van der Waals surface area contributed by atoms with Gasteiger partial charge in [-0.3, -0.25) is 4.79 Å². The fraction of sp³-hybridized carbons (Fsp3) is 0.667. The first-order valence-corrected chi connectivity index (χ1v) is 9.87. The molecule has 3 aliphatic heterocycles. The lowest BCUT2D eigenvalue weighted by atomic mass is 9.70. The Bertz CT molecular complexity index is 733. The van der Waals surface area contributed by atoms with Crippen LogP contribution in [0.5, 0.6) is 11.5 Å². The average Bonchev–Trinajstić information content (AvgIpc) is 2.65. The van der Waals surface area contributed by atoms with Gasteiger partial charge in [0.25, 0.3) is 0 Å². The van der Waals surface area contributed by atoms with Crippen molar-refractivity contribution in [3.63, 3.8) is 0 Å². The first kappa shape index (κ1) is 18.6. The number of carbonyl (C=O) groups excluding carboxylic acids is 1. The molecule has 27 heavy (non-hydrogen) atoms. The van der Waals surface area contributed by atoms with Crippen LogP contribution < -0.4 is 15.2 Å². The number of piperidine rings is 1. The Balaban J connectivity index is 1.59. The third-order valence-electron chi connectivity index (χ3n) is 6.40. The number of hydrogen-bond acceptors (Lipinski definition) is 5. The molecule has 2 fully saturated rings. The second kappa shape index (κ2) is 6.67. The summed E-state index contributed by atoms with van der Waals surface area (Å²) in [5, 5.41) is 0. The van der Waals surface area contributed by atoms with Crippen molar-refractivity contribution >= 4 is 5.91 Å². The number of likely N-dealkylation sites (tertiary alicyclic amines) is 1. The zero-order chi connectivity index (χ0) is 19.3. The lowest BCUT2D eigenvalue weighted by Crippen LogP contribution is -2.57. The van der Waals surface area contributed by atoms with Gasteiger partial charge in [0.05, 0.1) is 25.4 Å². The number of nitrogens with two attached hydrogens (primary N) is 1. The molecule has 0 unspecified atom stereocenters. The number of ether oxygens (including phenoxy) is 3. The molecule has 148 valence electrons. The number of nitrogens with zero attached hydrogens (tertiary/aromatic N) is 1. The third kappa shape index (κ3) is 3.19. The van der Waals surface area contributed by atoms with Gasteiger partial charge in [-0.15, -0.1) is 0 Å². The second-order valence-electron chi connectivity index (χ2n) is 8.67. The molecule has 5 atom stereocenters. The summed E-state index contributed by atoms with van der Waals surface area (Å²) in [4.78, 5) is 14.2. The summed E-state index contributed by atoms with van der Waals surface area (Å²) in [6.45, 7) is 7.45. The number of benzene rings is 1. The molecule has 0 aromatic heterocycles. The van der Waals surface area contributed by atoms with Gasteiger partial charge in [-0.05, 0) is 45.7 Å². The van der Waals surface area contributed by atoms with Crippen LogP contribution in [-0.4, -0.2) is 48.8 Å². The smallest absolute Gasteiger partial charge is 0.239 e. The van der Waals surface area contributed by atoms with Crippen LogP contribution in [0.3, 0.4) is 0 Å². The topological polar surface area (TPSA) is 74.0 Å². The van der Waals surface area contributed by atoms with Crippen molar-refractivity contribution in [3.05, 3.63) is 23.8 Å². The van der Waals surface area contributed by atoms with E-state index in [1.807, 2.05) is 17.0 Å². The van der Waals surface area contributed by atoms with E-state index >= 15 is 0 Å². The van der Waals surface area contributed by atoms with Crippen molar-refractivity contribution < 1.29 is 19.0 Å². The number of methoxy groups -OCH3 is 1. The van der Waals surface area contributed by atoms with E-state index in [9.17, 15) is 4.79 Å². The van der Waals surface area contributed by atoms with Crippen molar-refractivity contribution in [2.45, 2.75) is 57.5 Å². The summed E-state index contributed by atoms with van der Waals surface area (Å²) in [7, 11) is 1.66. The van der Waals surface area contributed by atoms with Crippen molar-refractivity contribution in [1.82, 2.24) is 4.90 Å². The molecule has 0 bridgehead atoms. The largest absolute Gasteiger partial charge is 0.497 e. The number of amides is 1. The van der Waals surface area contributed by atoms with Crippen LogP contribution in [0.4, 0.5) is 0 Å². The van der Waals surface area contributed by atoms with E-state index in [2.05, 4.69) is 19.9 Å². The molecule has 0 saturated carbocycles. The third-order valence-corrected chi connectivity index (χ3v) is 6.40. The number of fused-ring (bicyclic) bond motifs is 4. The van der Waals surface area contributed by atoms with Crippen LogP contribution in [0, 0.1) is 11.8 Å². The predicted octanol–water partition coefficient (Wildman–Crippen LogP) is 2.51. The monoisotopic (exact) mass is 374 g/mol. The minimum Gasteiger partial charge on any atom is -0.497 e. The van der Waals surface area contributed by atoms with Crippen LogP contribution in [0.1, 0.15) is 45.3 Å². The number of carbonyl (C=O) groups is 1. The van der Waals surface area contributed by atoms with E-state index in [0.29, 0.717) is 12.5 Å². The summed E-state index contributed by atoms with van der Waals surface area (Å²) in [5.74, 6) is 2.24. The van der Waals surface area contributed by atoms with Gasteiger partial charge in [0, 0.05) is 36.6 Å². The number of rotatable bonds is 2. The maximum Gasteiger partial charge on any atom is 0.239 e. The lowest BCUT2D eigenvalue weighted by Gasteiger charge is -2.53. The highest BCUT2D eigenvalue weighted by atomic mass is 16.5. The summed E-state index contributed by atoms with van der Waals surface area (Å²) < 4.78 is 18.3. The van der Waals surface area contributed by atoms with Crippen LogP contribution in [0.2, 0.25) is 0 Å². The zero-order valence-electron chi connectivity index (χ0n) is 16.6. The fourth-order valence-corrected chi connectivity index (χ4v) is 4.90. The molecule has 3 heterocycles. The first-order chi connectivity index (χ1) is 12.8. The molecule has 2 N–H and O–H groups in total. The minimum atomic E-state index is -0.449. The highest BCUT2D eigenvalue weighted by Crippen LogP contribution is 2.53. The Labute approximate surface area is 160 Å². The highest BCUT2D eigenvalue weighted by molar-refractivity contribution is 5.81. The predicted molar refractivity (Wildman–Crippen MR) is 102 cm³/mol. The molecule has 0 radical (unpaired) electrons. The van der Waals surface area contributed by atoms with Gasteiger partial charge < -0.3 is 24.8 Å². The average molecular weight is 374 g/mol. The van der Waals surface area contributed by atoms with E-state index in [-0.39, 0.29) is 29.6 Å². The summed E-state index contributed by atoms with van der Waals surface area (Å²) in [6.07, 6.45) is 2.04. The molecule has 3 aliphatic rings. The van der Waals surface area contributed by atoms with E-state index in [1.165, 1.54) is 0 Å². The second-order valence-corrected chi connectivity index (χ2v) is 8.67. The SMILES string of the molecule is COc1ccc2c(c1)OC(C)(C)[C@@H]1C[C@H]3CN(C(=O)[C@@H](C)N)CC[C@H]3O[C@@H]21. The van der Waals surface area contributed by atoms with Crippen molar-refractivity contribution in [2.24, 2.45) is 17.6 Å². The van der Waals surface area contributed by atoms with Crippen molar-refractivity contribution in [3.8, 4) is 11.5 Å². The molecule has 6 nitrogen and oxygen atoms in total. The molecule has 1 aromatic carbocycles. The van der Waals surface area contributed by atoms with Gasteiger partial charge >= 0.3 is 0 Å². The minimum absolute atomic E-state index is 0.0200. The van der Waals surface area contributed by atoms with Crippen LogP contribution in [0.25, 0.3) is 0 Å². The van der Waals surface area contributed by atoms with E-state index in [1.54, 1.807) is 14.0 Å². The van der Waals surface area contributed by atoms with Gasteiger partial charge in [-0.25, -0.2) is 0 Å². The van der Waals surface area contributed by atoms with Gasteiger partial charge in [0.2, 0.25) is 5.91 Å². The standard InChI is InChI=1S/C21H30N2O4/c1-12(22)20(24)23-8-7-17-13(11-23)9-16-19(26-17)15-6-5-14(25-4)10-18(15)27-21(16,2)3/h5-6,10,12-13,16-17,19H,7-9,11,22H2,1-4H3/t12-,13+,16-,17-,19+/m1/s1. The summed E-state index contributed by atoms with van der Waals surface area (Å²) >= 11 is 0. The Kier molecular flexibility index (Phi) is 4.59. The molecule has 1 aromatic rings. The molecule has 2 saturated heterocycles. The molecule has 0 aliphatic carbocycles. The maximum atomic E-state index is 12.3. The summed E-state index contributed by atoms with van der Waals surface area (Å²) in [5.41, 5.74) is 6.57. The van der Waals surface area contributed by atoms with Gasteiger partial charge in [-0.2, -0.15) is 0 Å². The number of hydrogen-bond donors (Lipinski definition) is 1. The van der Waals surface area contributed by atoms with E-state index < -0.39 is 6.04 Å². The van der Waals surface area contributed by atoms with Crippen LogP contribution in [0.15, 0.2) is 18.2 Å². The van der Waals surface area contributed by atoms with E-state index in [4.69, 9.17) is 19.9 Å². The maximum absolute atomic E-state index is 12.3. The molecule has 1 amide bonds.